The van der Waals surface area contributed by atoms with Crippen LogP contribution in [0, 0.1) is 0 Å². The van der Waals surface area contributed by atoms with E-state index in [-0.39, 0.29) is 6.04 Å². The van der Waals surface area contributed by atoms with Crippen molar-refractivity contribution in [2.24, 2.45) is 7.05 Å². The van der Waals surface area contributed by atoms with Crippen molar-refractivity contribution in [2.45, 2.75) is 13.0 Å². The van der Waals surface area contributed by atoms with Gasteiger partial charge in [-0.05, 0) is 19.1 Å². The number of aromatic nitrogens is 4. The molecule has 2 aromatic heterocycles. The van der Waals surface area contributed by atoms with Crippen molar-refractivity contribution in [3.8, 4) is 11.4 Å². The molecule has 0 saturated heterocycles. The lowest BCUT2D eigenvalue weighted by molar-refractivity contribution is 0.414. The average molecular weight is 297 g/mol. The van der Waals surface area contributed by atoms with Gasteiger partial charge in [-0.25, -0.2) is 9.67 Å². The summed E-state index contributed by atoms with van der Waals surface area (Å²) in [5.41, 5.74) is 1.90. The largest absolute Gasteiger partial charge is 0.497 e. The zero-order valence-electron chi connectivity index (χ0n) is 12.9. The lowest BCUT2D eigenvalue weighted by Gasteiger charge is -2.17. The van der Waals surface area contributed by atoms with E-state index in [0.29, 0.717) is 0 Å². The van der Waals surface area contributed by atoms with Gasteiger partial charge >= 0.3 is 0 Å². The highest BCUT2D eigenvalue weighted by Crippen LogP contribution is 2.26. The van der Waals surface area contributed by atoms with Gasteiger partial charge in [-0.1, -0.05) is 0 Å². The predicted molar refractivity (Wildman–Crippen MR) is 85.4 cm³/mol. The molecule has 0 radical (unpaired) electrons. The second-order valence-electron chi connectivity index (χ2n) is 5.13. The summed E-state index contributed by atoms with van der Waals surface area (Å²) in [6, 6.07) is 7.92. The Morgan fingerprint density at radius 2 is 2.05 bits per heavy atom. The molecule has 1 atom stereocenters. The molecule has 0 unspecified atom stereocenters. The van der Waals surface area contributed by atoms with E-state index < -0.39 is 0 Å². The molecule has 0 bridgehead atoms. The molecule has 114 valence electrons. The van der Waals surface area contributed by atoms with Gasteiger partial charge in [-0.3, -0.25) is 0 Å². The van der Waals surface area contributed by atoms with Gasteiger partial charge < -0.3 is 14.6 Å². The predicted octanol–water partition coefficient (Wildman–Crippen LogP) is 2.79. The summed E-state index contributed by atoms with van der Waals surface area (Å²) in [4.78, 5) is 4.38. The first kappa shape index (κ1) is 14.2. The van der Waals surface area contributed by atoms with Crippen LogP contribution in [0.25, 0.3) is 5.69 Å². The normalized spacial score (nSPS) is 12.1. The van der Waals surface area contributed by atoms with Crippen LogP contribution in [0.15, 0.2) is 49.1 Å². The van der Waals surface area contributed by atoms with E-state index in [9.17, 15) is 0 Å². The number of aryl methyl sites for hydroxylation is 1. The fourth-order valence-electron chi connectivity index (χ4n) is 2.45. The zero-order chi connectivity index (χ0) is 15.5. The molecule has 1 N–H and O–H groups in total. The first-order valence-electron chi connectivity index (χ1n) is 7.10. The van der Waals surface area contributed by atoms with E-state index >= 15 is 0 Å². The standard InChI is InChI=1S/C16H19N5O/c1-12(16-17-6-8-20(16)2)19-13-9-14(11-15(10-13)22-3)21-7-4-5-18-21/h4-12,19H,1-3H3/t12-/m1/s1. The van der Waals surface area contributed by atoms with Gasteiger partial charge in [-0.2, -0.15) is 5.10 Å². The molecule has 6 heteroatoms. The Morgan fingerprint density at radius 3 is 2.68 bits per heavy atom. The molecule has 1 aromatic carbocycles. The van der Waals surface area contributed by atoms with Crippen molar-refractivity contribution in [1.29, 1.82) is 0 Å². The van der Waals surface area contributed by atoms with E-state index in [4.69, 9.17) is 4.74 Å². The Kier molecular flexibility index (Phi) is 3.82. The van der Waals surface area contributed by atoms with E-state index in [1.54, 1.807) is 24.2 Å². The Bertz CT molecular complexity index is 748. The van der Waals surface area contributed by atoms with Crippen molar-refractivity contribution >= 4 is 5.69 Å². The van der Waals surface area contributed by atoms with E-state index in [1.807, 2.05) is 48.3 Å². The summed E-state index contributed by atoms with van der Waals surface area (Å²) in [6.07, 6.45) is 7.40. The summed E-state index contributed by atoms with van der Waals surface area (Å²) in [5.74, 6) is 1.76. The highest BCUT2D eigenvalue weighted by molar-refractivity contribution is 5.56. The van der Waals surface area contributed by atoms with Crippen LogP contribution >= 0.6 is 0 Å². The molecule has 3 rings (SSSR count). The number of nitrogens with zero attached hydrogens (tertiary/aromatic N) is 4. The maximum absolute atomic E-state index is 5.39. The van der Waals surface area contributed by atoms with Gasteiger partial charge in [0.2, 0.25) is 0 Å². The van der Waals surface area contributed by atoms with Crippen molar-refractivity contribution in [1.82, 2.24) is 19.3 Å². The average Bonchev–Trinajstić information content (AvgIpc) is 3.18. The van der Waals surface area contributed by atoms with Gasteiger partial charge in [0, 0.05) is 49.7 Å². The fourth-order valence-corrected chi connectivity index (χ4v) is 2.45. The van der Waals surface area contributed by atoms with Crippen LogP contribution in [0.1, 0.15) is 18.8 Å². The first-order valence-corrected chi connectivity index (χ1v) is 7.10. The molecule has 2 heterocycles. The highest BCUT2D eigenvalue weighted by atomic mass is 16.5. The molecule has 0 fully saturated rings. The van der Waals surface area contributed by atoms with Gasteiger partial charge in [0.05, 0.1) is 18.8 Å². The lowest BCUT2D eigenvalue weighted by atomic mass is 10.2. The van der Waals surface area contributed by atoms with Crippen LogP contribution in [-0.2, 0) is 7.05 Å². The monoisotopic (exact) mass is 297 g/mol. The second kappa shape index (κ2) is 5.93. The third-order valence-electron chi connectivity index (χ3n) is 3.52. The minimum absolute atomic E-state index is 0.0811. The Balaban J connectivity index is 1.90. The minimum atomic E-state index is 0.0811. The smallest absolute Gasteiger partial charge is 0.130 e. The maximum Gasteiger partial charge on any atom is 0.130 e. The molecule has 6 nitrogen and oxygen atoms in total. The van der Waals surface area contributed by atoms with Crippen LogP contribution in [0.4, 0.5) is 5.69 Å². The summed E-state index contributed by atoms with van der Waals surface area (Å²) in [6.45, 7) is 2.08. The Labute approximate surface area is 129 Å². The van der Waals surface area contributed by atoms with Crippen LogP contribution in [0.3, 0.4) is 0 Å². The second-order valence-corrected chi connectivity index (χ2v) is 5.13. The number of nitrogens with one attached hydrogen (secondary N) is 1. The third-order valence-corrected chi connectivity index (χ3v) is 3.52. The van der Waals surface area contributed by atoms with Crippen LogP contribution in [-0.4, -0.2) is 26.4 Å². The number of rotatable bonds is 5. The van der Waals surface area contributed by atoms with Crippen molar-refractivity contribution in [3.63, 3.8) is 0 Å². The molecule has 0 aliphatic rings. The number of methoxy groups -OCH3 is 1. The zero-order valence-corrected chi connectivity index (χ0v) is 12.9. The third kappa shape index (κ3) is 2.81. The molecule has 0 aliphatic heterocycles. The highest BCUT2D eigenvalue weighted by Gasteiger charge is 2.11. The van der Waals surface area contributed by atoms with Crippen LogP contribution in [0.5, 0.6) is 5.75 Å². The number of hydrogen-bond donors (Lipinski definition) is 1. The van der Waals surface area contributed by atoms with Crippen molar-refractivity contribution < 1.29 is 4.74 Å². The Morgan fingerprint density at radius 1 is 1.18 bits per heavy atom. The van der Waals surface area contributed by atoms with Crippen LogP contribution < -0.4 is 10.1 Å². The number of ether oxygens (including phenoxy) is 1. The molecule has 22 heavy (non-hydrogen) atoms. The topological polar surface area (TPSA) is 56.9 Å². The molecule has 3 aromatic rings. The SMILES string of the molecule is COc1cc(N[C@H](C)c2nccn2C)cc(-n2cccn2)c1. The minimum Gasteiger partial charge on any atom is -0.497 e. The molecular weight excluding hydrogens is 278 g/mol. The Hall–Kier alpha value is -2.76. The number of hydrogen-bond acceptors (Lipinski definition) is 4. The quantitative estimate of drug-likeness (QED) is 0.787. The molecule has 0 aliphatic carbocycles. The number of benzene rings is 1. The summed E-state index contributed by atoms with van der Waals surface area (Å²) >= 11 is 0. The van der Waals surface area contributed by atoms with Crippen molar-refractivity contribution in [2.75, 3.05) is 12.4 Å². The summed E-state index contributed by atoms with van der Waals surface area (Å²) < 4.78 is 9.20. The van der Waals surface area contributed by atoms with E-state index in [1.165, 1.54) is 0 Å². The number of imidazole rings is 1. The molecule has 0 amide bonds. The van der Waals surface area contributed by atoms with Gasteiger partial charge in [0.1, 0.15) is 11.6 Å². The van der Waals surface area contributed by atoms with Gasteiger partial charge in [0.25, 0.3) is 0 Å². The first-order chi connectivity index (χ1) is 10.7. The number of anilines is 1. The van der Waals surface area contributed by atoms with Crippen LogP contribution in [0.2, 0.25) is 0 Å². The van der Waals surface area contributed by atoms with Gasteiger partial charge in [-0.15, -0.1) is 0 Å². The molecule has 0 spiro atoms. The van der Waals surface area contributed by atoms with E-state index in [2.05, 4.69) is 22.3 Å². The fraction of sp³-hybridized carbons (Fsp3) is 0.250. The summed E-state index contributed by atoms with van der Waals surface area (Å²) in [5, 5.41) is 7.72. The van der Waals surface area contributed by atoms with Gasteiger partial charge in [0.15, 0.2) is 0 Å². The molecule has 0 saturated carbocycles. The van der Waals surface area contributed by atoms with Crippen molar-refractivity contribution in [3.05, 3.63) is 54.9 Å². The summed E-state index contributed by atoms with van der Waals surface area (Å²) in [7, 11) is 3.65. The molecular formula is C16H19N5O. The van der Waals surface area contributed by atoms with E-state index in [0.717, 1.165) is 22.9 Å². The maximum atomic E-state index is 5.39. The lowest BCUT2D eigenvalue weighted by Crippen LogP contribution is -2.12.